The molecule has 1 N–H and O–H groups in total. The minimum absolute atomic E-state index is 0.0968. The fourth-order valence-corrected chi connectivity index (χ4v) is 3.03. The molecule has 8 heteroatoms. The molecule has 0 saturated carbocycles. The van der Waals surface area contributed by atoms with Crippen LogP contribution in [0.3, 0.4) is 0 Å². The Morgan fingerprint density at radius 2 is 1.71 bits per heavy atom. The third kappa shape index (κ3) is 6.19. The van der Waals surface area contributed by atoms with Gasteiger partial charge in [0.05, 0.1) is 20.0 Å². The predicted molar refractivity (Wildman–Crippen MR) is 89.4 cm³/mol. The Balaban J connectivity index is 3.07. The fourth-order valence-electron chi connectivity index (χ4n) is 2.31. The number of hydrogen-bond donors (Lipinski definition) is 1. The number of methoxy groups -OCH3 is 2. The van der Waals surface area contributed by atoms with Crippen LogP contribution in [-0.2, 0) is 30.5 Å². The van der Waals surface area contributed by atoms with E-state index in [4.69, 9.17) is 4.74 Å². The van der Waals surface area contributed by atoms with Crippen LogP contribution in [-0.4, -0.2) is 52.2 Å². The lowest BCUT2D eigenvalue weighted by molar-refractivity contribution is -0.148. The maximum Gasteiger partial charge on any atom is 0.407 e. The van der Waals surface area contributed by atoms with Crippen LogP contribution in [0.4, 0.5) is 4.79 Å². The first kappa shape index (κ1) is 20.0. The Labute approximate surface area is 142 Å². The third-order valence-corrected chi connectivity index (χ3v) is 4.63. The second-order valence-electron chi connectivity index (χ2n) is 5.56. The number of carbonyl (C=O) groups excluding carboxylic acids is 2. The molecule has 24 heavy (non-hydrogen) atoms. The predicted octanol–water partition coefficient (Wildman–Crippen LogP) is 1.32. The van der Waals surface area contributed by atoms with Gasteiger partial charge in [0.15, 0.2) is 0 Å². The van der Waals surface area contributed by atoms with E-state index in [9.17, 15) is 18.0 Å². The van der Waals surface area contributed by atoms with Crippen molar-refractivity contribution in [2.24, 2.45) is 0 Å². The van der Waals surface area contributed by atoms with Crippen molar-refractivity contribution in [2.75, 3.05) is 26.2 Å². The molecule has 0 heterocycles. The number of esters is 1. The minimum atomic E-state index is -3.32. The van der Waals surface area contributed by atoms with Crippen molar-refractivity contribution < 1.29 is 27.5 Å². The Morgan fingerprint density at radius 1 is 1.08 bits per heavy atom. The Kier molecular flexibility index (Phi) is 7.21. The second kappa shape index (κ2) is 8.68. The molecule has 0 aliphatic carbocycles. The summed E-state index contributed by atoms with van der Waals surface area (Å²) in [7, 11) is -0.959. The third-order valence-electron chi connectivity index (χ3n) is 3.69. The van der Waals surface area contributed by atoms with Crippen molar-refractivity contribution in [3.05, 3.63) is 35.9 Å². The quantitative estimate of drug-likeness (QED) is 0.705. The largest absolute Gasteiger partial charge is 0.467 e. The second-order valence-corrected chi connectivity index (χ2v) is 7.82. The van der Waals surface area contributed by atoms with Gasteiger partial charge in [-0.2, -0.15) is 0 Å². The molecule has 1 atom stereocenters. The highest BCUT2D eigenvalue weighted by molar-refractivity contribution is 7.90. The highest BCUT2D eigenvalue weighted by atomic mass is 32.2. The Bertz CT molecular complexity index is 658. The number of benzene rings is 1. The van der Waals surface area contributed by atoms with Gasteiger partial charge in [-0.3, -0.25) is 0 Å². The summed E-state index contributed by atoms with van der Waals surface area (Å²) in [6.45, 7) is 0. The van der Waals surface area contributed by atoms with Gasteiger partial charge in [0.25, 0.3) is 0 Å². The van der Waals surface area contributed by atoms with Gasteiger partial charge in [0, 0.05) is 6.26 Å². The molecular formula is C16H23NO6S. The van der Waals surface area contributed by atoms with Crippen molar-refractivity contribution in [1.29, 1.82) is 0 Å². The van der Waals surface area contributed by atoms with E-state index in [2.05, 4.69) is 10.1 Å². The van der Waals surface area contributed by atoms with Gasteiger partial charge in [-0.1, -0.05) is 30.3 Å². The molecule has 0 bridgehead atoms. The van der Waals surface area contributed by atoms with Crippen LogP contribution in [0.25, 0.3) is 0 Å². The molecule has 0 saturated heterocycles. The zero-order chi connectivity index (χ0) is 18.2. The first-order chi connectivity index (χ1) is 11.2. The van der Waals surface area contributed by atoms with Crippen LogP contribution in [0.5, 0.6) is 0 Å². The van der Waals surface area contributed by atoms with Crippen LogP contribution in [0.1, 0.15) is 18.4 Å². The molecule has 7 nitrogen and oxygen atoms in total. The Morgan fingerprint density at radius 3 is 2.21 bits per heavy atom. The van der Waals surface area contributed by atoms with E-state index in [1.165, 1.54) is 14.2 Å². The summed E-state index contributed by atoms with van der Waals surface area (Å²) < 4.78 is 32.4. The van der Waals surface area contributed by atoms with E-state index in [0.29, 0.717) is 6.42 Å². The average molecular weight is 357 g/mol. The normalized spacial score (nSPS) is 13.6. The lowest BCUT2D eigenvalue weighted by Gasteiger charge is -2.31. The van der Waals surface area contributed by atoms with Gasteiger partial charge in [0.2, 0.25) is 0 Å². The number of ether oxygens (including phenoxy) is 2. The van der Waals surface area contributed by atoms with Gasteiger partial charge in [-0.25, -0.2) is 18.0 Å². The van der Waals surface area contributed by atoms with Crippen LogP contribution in [0, 0.1) is 0 Å². The highest BCUT2D eigenvalue weighted by Gasteiger charge is 2.41. The van der Waals surface area contributed by atoms with Gasteiger partial charge < -0.3 is 14.8 Å². The van der Waals surface area contributed by atoms with Gasteiger partial charge in [0.1, 0.15) is 15.4 Å². The summed E-state index contributed by atoms with van der Waals surface area (Å²) in [5, 5.41) is 2.47. The number of rotatable bonds is 8. The van der Waals surface area contributed by atoms with E-state index < -0.39 is 27.4 Å². The van der Waals surface area contributed by atoms with Crippen molar-refractivity contribution in [3.8, 4) is 0 Å². The van der Waals surface area contributed by atoms with Gasteiger partial charge in [-0.15, -0.1) is 0 Å². The molecule has 1 aromatic rings. The Hall–Kier alpha value is -2.09. The first-order valence-corrected chi connectivity index (χ1v) is 9.45. The summed E-state index contributed by atoms with van der Waals surface area (Å²) in [6, 6.07) is 9.36. The standard InChI is InChI=1S/C16H23NO6S/c1-22-14(18)16(17-15(19)23-2,11-12-24(3,20)21)10-9-13-7-5-4-6-8-13/h4-8H,9-12H2,1-3H3,(H,17,19). The maximum atomic E-state index is 12.3. The van der Waals surface area contributed by atoms with E-state index in [-0.39, 0.29) is 18.6 Å². The molecule has 1 aromatic carbocycles. The molecule has 1 unspecified atom stereocenters. The molecule has 1 amide bonds. The fraction of sp³-hybridized carbons (Fsp3) is 0.500. The van der Waals surface area contributed by atoms with Crippen LogP contribution >= 0.6 is 0 Å². The van der Waals surface area contributed by atoms with E-state index in [1.54, 1.807) is 0 Å². The molecule has 1 rings (SSSR count). The number of amides is 1. The number of nitrogens with one attached hydrogen (secondary N) is 1. The SMILES string of the molecule is COC(=O)NC(CCc1ccccc1)(CCS(C)(=O)=O)C(=O)OC. The summed E-state index contributed by atoms with van der Waals surface area (Å²) >= 11 is 0. The lowest BCUT2D eigenvalue weighted by Crippen LogP contribution is -2.56. The molecule has 0 fully saturated rings. The van der Waals surface area contributed by atoms with Crippen LogP contribution in [0.2, 0.25) is 0 Å². The maximum absolute atomic E-state index is 12.3. The summed E-state index contributed by atoms with van der Waals surface area (Å²) in [5.74, 6) is -0.964. The first-order valence-electron chi connectivity index (χ1n) is 7.38. The number of hydrogen-bond acceptors (Lipinski definition) is 6. The smallest absolute Gasteiger partial charge is 0.407 e. The van der Waals surface area contributed by atoms with Crippen LogP contribution in [0.15, 0.2) is 30.3 Å². The molecule has 0 aromatic heterocycles. The summed E-state index contributed by atoms with van der Waals surface area (Å²) in [4.78, 5) is 24.0. The molecule has 0 aliphatic heterocycles. The van der Waals surface area contributed by atoms with Gasteiger partial charge in [-0.05, 0) is 24.8 Å². The van der Waals surface area contributed by atoms with Crippen molar-refractivity contribution in [1.82, 2.24) is 5.32 Å². The number of carbonyl (C=O) groups is 2. The molecule has 134 valence electrons. The van der Waals surface area contributed by atoms with E-state index in [0.717, 1.165) is 11.8 Å². The number of alkyl carbamates (subject to hydrolysis) is 1. The number of aryl methyl sites for hydroxylation is 1. The molecule has 0 spiro atoms. The van der Waals surface area contributed by atoms with Crippen molar-refractivity contribution >= 4 is 21.9 Å². The van der Waals surface area contributed by atoms with Gasteiger partial charge >= 0.3 is 12.1 Å². The zero-order valence-corrected chi connectivity index (χ0v) is 14.9. The zero-order valence-electron chi connectivity index (χ0n) is 14.1. The summed E-state index contributed by atoms with van der Waals surface area (Å²) in [5.41, 5.74) is -0.516. The van der Waals surface area contributed by atoms with Crippen molar-refractivity contribution in [3.63, 3.8) is 0 Å². The van der Waals surface area contributed by atoms with E-state index >= 15 is 0 Å². The monoisotopic (exact) mass is 357 g/mol. The molecular weight excluding hydrogens is 334 g/mol. The topological polar surface area (TPSA) is 98.8 Å². The summed E-state index contributed by atoms with van der Waals surface area (Å²) in [6.07, 6.45) is 0.810. The minimum Gasteiger partial charge on any atom is -0.467 e. The molecule has 0 radical (unpaired) electrons. The average Bonchev–Trinajstić information content (AvgIpc) is 2.56. The molecule has 0 aliphatic rings. The van der Waals surface area contributed by atoms with Crippen molar-refractivity contribution in [2.45, 2.75) is 24.8 Å². The van der Waals surface area contributed by atoms with E-state index in [1.807, 2.05) is 30.3 Å². The van der Waals surface area contributed by atoms with Crippen LogP contribution < -0.4 is 5.32 Å². The number of sulfone groups is 1. The lowest BCUT2D eigenvalue weighted by atomic mass is 9.88. The highest BCUT2D eigenvalue weighted by Crippen LogP contribution is 2.22.